The van der Waals surface area contributed by atoms with Gasteiger partial charge < -0.3 is 11.1 Å². The largest absolute Gasteiger partial charge is 0.346 e. The number of hydrogen-bond donors (Lipinski definition) is 2. The Morgan fingerprint density at radius 1 is 1.37 bits per heavy atom. The van der Waals surface area contributed by atoms with Gasteiger partial charge in [0.05, 0.1) is 18.0 Å². The van der Waals surface area contributed by atoms with E-state index in [-0.39, 0.29) is 5.91 Å². The number of nitrogens with two attached hydrogens (primary N) is 1. The van der Waals surface area contributed by atoms with Crippen LogP contribution in [0.5, 0.6) is 0 Å². The van der Waals surface area contributed by atoms with Gasteiger partial charge in [-0.15, -0.1) is 22.7 Å². The minimum Gasteiger partial charge on any atom is -0.346 e. The molecule has 2 aromatic heterocycles. The number of amides is 1. The van der Waals surface area contributed by atoms with E-state index in [4.69, 9.17) is 5.73 Å². The van der Waals surface area contributed by atoms with Crippen LogP contribution in [0, 0.1) is 18.8 Å². The van der Waals surface area contributed by atoms with Gasteiger partial charge in [0, 0.05) is 10.4 Å². The summed E-state index contributed by atoms with van der Waals surface area (Å²) < 4.78 is 0. The molecule has 0 fully saturated rings. The summed E-state index contributed by atoms with van der Waals surface area (Å²) in [5, 5.41) is 6.82. The molecule has 0 radical (unpaired) electrons. The van der Waals surface area contributed by atoms with Crippen LogP contribution >= 0.6 is 22.7 Å². The number of carbonyl (C=O) groups excluding carboxylic acids is 1. The summed E-state index contributed by atoms with van der Waals surface area (Å²) >= 11 is 3.05. The maximum Gasteiger partial charge on any atom is 0.261 e. The lowest BCUT2D eigenvalue weighted by atomic mass is 10.2. The quantitative estimate of drug-likeness (QED) is 0.853. The lowest BCUT2D eigenvalue weighted by molar-refractivity contribution is 0.0955. The lowest BCUT2D eigenvalue weighted by Gasteiger charge is -2.03. The molecule has 0 aliphatic rings. The zero-order chi connectivity index (χ0) is 13.7. The first-order valence-corrected chi connectivity index (χ1v) is 7.56. The van der Waals surface area contributed by atoms with Gasteiger partial charge in [-0.3, -0.25) is 4.79 Å². The molecule has 1 amide bonds. The van der Waals surface area contributed by atoms with Crippen molar-refractivity contribution >= 4 is 28.6 Å². The van der Waals surface area contributed by atoms with Gasteiger partial charge in [-0.1, -0.05) is 11.8 Å². The van der Waals surface area contributed by atoms with Crippen LogP contribution in [0.4, 0.5) is 0 Å². The van der Waals surface area contributed by atoms with Gasteiger partial charge in [0.15, 0.2) is 0 Å². The highest BCUT2D eigenvalue weighted by atomic mass is 32.1. The van der Waals surface area contributed by atoms with Gasteiger partial charge in [-0.05, 0) is 35.4 Å². The second-order valence-corrected chi connectivity index (χ2v) is 5.80. The first kappa shape index (κ1) is 13.8. The number of carbonyl (C=O) groups is 1. The zero-order valence-electron chi connectivity index (χ0n) is 10.5. The Balaban J connectivity index is 2.02. The van der Waals surface area contributed by atoms with Crippen molar-refractivity contribution in [1.29, 1.82) is 0 Å². The third-order valence-electron chi connectivity index (χ3n) is 2.55. The van der Waals surface area contributed by atoms with Crippen LogP contribution in [-0.4, -0.2) is 12.5 Å². The van der Waals surface area contributed by atoms with Crippen molar-refractivity contribution in [2.75, 3.05) is 6.54 Å². The van der Waals surface area contributed by atoms with Crippen molar-refractivity contribution < 1.29 is 4.79 Å². The van der Waals surface area contributed by atoms with Crippen molar-refractivity contribution in [3.63, 3.8) is 0 Å². The molecule has 0 spiro atoms. The highest BCUT2D eigenvalue weighted by molar-refractivity contribution is 7.12. The van der Waals surface area contributed by atoms with Crippen LogP contribution in [-0.2, 0) is 6.54 Å². The minimum absolute atomic E-state index is 0.0290. The monoisotopic (exact) mass is 290 g/mol. The molecule has 0 saturated carbocycles. The first-order chi connectivity index (χ1) is 9.22. The molecule has 2 heterocycles. The number of nitrogens with one attached hydrogen (secondary N) is 1. The van der Waals surface area contributed by atoms with Crippen LogP contribution in [0.15, 0.2) is 22.9 Å². The topological polar surface area (TPSA) is 55.1 Å². The predicted molar refractivity (Wildman–Crippen MR) is 80.5 cm³/mol. The molecule has 0 aliphatic carbocycles. The fraction of sp³-hybridized carbons (Fsp3) is 0.214. The number of rotatable bonds is 3. The first-order valence-electron chi connectivity index (χ1n) is 5.80. The van der Waals surface area contributed by atoms with Crippen LogP contribution in [0.2, 0.25) is 0 Å². The summed E-state index contributed by atoms with van der Waals surface area (Å²) in [7, 11) is 0. The third-order valence-corrected chi connectivity index (χ3v) is 4.48. The number of thiophene rings is 2. The molecule has 0 unspecified atom stereocenters. The maximum atomic E-state index is 12.0. The van der Waals surface area contributed by atoms with E-state index in [2.05, 4.69) is 17.2 Å². The molecule has 98 valence electrons. The van der Waals surface area contributed by atoms with E-state index in [1.54, 1.807) is 11.3 Å². The van der Waals surface area contributed by atoms with Crippen molar-refractivity contribution in [1.82, 2.24) is 5.32 Å². The van der Waals surface area contributed by atoms with Crippen molar-refractivity contribution in [2.24, 2.45) is 5.73 Å². The summed E-state index contributed by atoms with van der Waals surface area (Å²) in [6, 6.07) is 3.90. The number of aryl methyl sites for hydroxylation is 1. The van der Waals surface area contributed by atoms with Gasteiger partial charge >= 0.3 is 0 Å². The van der Waals surface area contributed by atoms with Crippen molar-refractivity contribution in [3.8, 4) is 11.8 Å². The Morgan fingerprint density at radius 3 is 2.84 bits per heavy atom. The molecule has 2 aromatic rings. The van der Waals surface area contributed by atoms with Crippen molar-refractivity contribution in [3.05, 3.63) is 43.8 Å². The van der Waals surface area contributed by atoms with Gasteiger partial charge in [-0.2, -0.15) is 0 Å². The number of hydrogen-bond acceptors (Lipinski definition) is 4. The van der Waals surface area contributed by atoms with E-state index in [0.717, 1.165) is 20.9 Å². The summed E-state index contributed by atoms with van der Waals surface area (Å²) in [4.78, 5) is 13.8. The molecule has 3 N–H and O–H groups in total. The molecule has 3 nitrogen and oxygen atoms in total. The third kappa shape index (κ3) is 3.44. The molecule has 19 heavy (non-hydrogen) atoms. The molecule has 2 rings (SSSR count). The van der Waals surface area contributed by atoms with Gasteiger partial charge in [0.2, 0.25) is 0 Å². The molecule has 5 heteroatoms. The van der Waals surface area contributed by atoms with Crippen LogP contribution in [0.1, 0.15) is 25.7 Å². The minimum atomic E-state index is -0.0290. The van der Waals surface area contributed by atoms with E-state index >= 15 is 0 Å². The van der Waals surface area contributed by atoms with Gasteiger partial charge in [-0.25, -0.2) is 0 Å². The Morgan fingerprint density at radius 2 is 2.16 bits per heavy atom. The SMILES string of the molecule is Cc1ccsc1C(=O)NCc1sccc1C#CCN. The van der Waals surface area contributed by atoms with Gasteiger partial charge in [0.25, 0.3) is 5.91 Å². The van der Waals surface area contributed by atoms with E-state index in [9.17, 15) is 4.79 Å². The summed E-state index contributed by atoms with van der Waals surface area (Å²) in [6.07, 6.45) is 0. The second kappa shape index (κ2) is 6.53. The second-order valence-electron chi connectivity index (χ2n) is 3.88. The average molecular weight is 290 g/mol. The van der Waals surface area contributed by atoms with E-state index in [1.165, 1.54) is 11.3 Å². The highest BCUT2D eigenvalue weighted by Crippen LogP contribution is 2.18. The molecule has 0 saturated heterocycles. The van der Waals surface area contributed by atoms with Crippen LogP contribution in [0.25, 0.3) is 0 Å². The molecule has 0 aliphatic heterocycles. The standard InChI is InChI=1S/C14H14N2OS2/c1-10-4-7-19-13(10)14(17)16-9-12-11(3-2-6-15)5-8-18-12/h4-5,7-8H,6,9,15H2,1H3,(H,16,17). The Kier molecular flexibility index (Phi) is 4.74. The highest BCUT2D eigenvalue weighted by Gasteiger charge is 2.11. The maximum absolute atomic E-state index is 12.0. The summed E-state index contributed by atoms with van der Waals surface area (Å²) in [5.41, 5.74) is 7.31. The van der Waals surface area contributed by atoms with Crippen LogP contribution in [0.3, 0.4) is 0 Å². The molecule has 0 bridgehead atoms. The fourth-order valence-electron chi connectivity index (χ4n) is 1.58. The summed E-state index contributed by atoms with van der Waals surface area (Å²) in [6.45, 7) is 2.78. The van der Waals surface area contributed by atoms with Crippen LogP contribution < -0.4 is 11.1 Å². The lowest BCUT2D eigenvalue weighted by Crippen LogP contribution is -2.22. The van der Waals surface area contributed by atoms with E-state index in [0.29, 0.717) is 13.1 Å². The predicted octanol–water partition coefficient (Wildman–Crippen LogP) is 2.36. The van der Waals surface area contributed by atoms with E-state index in [1.807, 2.05) is 29.8 Å². The molecule has 0 aromatic carbocycles. The van der Waals surface area contributed by atoms with E-state index < -0.39 is 0 Å². The Hall–Kier alpha value is -1.61. The zero-order valence-corrected chi connectivity index (χ0v) is 12.2. The molecular weight excluding hydrogens is 276 g/mol. The Labute approximate surface area is 120 Å². The summed E-state index contributed by atoms with van der Waals surface area (Å²) in [5.74, 6) is 5.81. The smallest absolute Gasteiger partial charge is 0.261 e. The molecular formula is C14H14N2OS2. The Bertz CT molecular complexity index is 631. The van der Waals surface area contributed by atoms with Gasteiger partial charge in [0.1, 0.15) is 0 Å². The average Bonchev–Trinajstić information content (AvgIpc) is 3.02. The van der Waals surface area contributed by atoms with Crippen molar-refractivity contribution in [2.45, 2.75) is 13.5 Å². The normalized spacial score (nSPS) is 9.79. The fourth-order valence-corrected chi connectivity index (χ4v) is 3.19. The molecule has 0 atom stereocenters.